The summed E-state index contributed by atoms with van der Waals surface area (Å²) < 4.78 is 5.84. The SMILES string of the molecule is CCCCOc1ccccc1NCCNc1cc(C)ccc1C. The second kappa shape index (κ2) is 9.09. The predicted molar refractivity (Wildman–Crippen MR) is 99.7 cm³/mol. The molecule has 0 amide bonds. The van der Waals surface area contributed by atoms with E-state index in [0.717, 1.165) is 44.0 Å². The fourth-order valence-electron chi connectivity index (χ4n) is 2.39. The first-order chi connectivity index (χ1) is 11.2. The minimum absolute atomic E-state index is 0.774. The Morgan fingerprint density at radius 3 is 2.43 bits per heavy atom. The molecule has 0 radical (unpaired) electrons. The van der Waals surface area contributed by atoms with Crippen LogP contribution in [0.15, 0.2) is 42.5 Å². The molecule has 0 saturated carbocycles. The number of rotatable bonds is 9. The lowest BCUT2D eigenvalue weighted by atomic mass is 10.1. The zero-order valence-electron chi connectivity index (χ0n) is 14.5. The molecule has 0 fully saturated rings. The minimum atomic E-state index is 0.774. The van der Waals surface area contributed by atoms with Gasteiger partial charge in [-0.3, -0.25) is 0 Å². The van der Waals surface area contributed by atoms with Crippen molar-refractivity contribution in [3.05, 3.63) is 53.6 Å². The van der Waals surface area contributed by atoms with Crippen LogP contribution < -0.4 is 15.4 Å². The third kappa shape index (κ3) is 5.51. The van der Waals surface area contributed by atoms with Gasteiger partial charge in [0.25, 0.3) is 0 Å². The Hall–Kier alpha value is -2.16. The summed E-state index contributed by atoms with van der Waals surface area (Å²) >= 11 is 0. The van der Waals surface area contributed by atoms with Crippen LogP contribution in [0.5, 0.6) is 5.75 Å². The van der Waals surface area contributed by atoms with E-state index < -0.39 is 0 Å². The van der Waals surface area contributed by atoms with Crippen LogP contribution in [0, 0.1) is 13.8 Å². The third-order valence-electron chi connectivity index (χ3n) is 3.79. The summed E-state index contributed by atoms with van der Waals surface area (Å²) in [4.78, 5) is 0. The number of nitrogens with one attached hydrogen (secondary N) is 2. The van der Waals surface area contributed by atoms with Crippen LogP contribution in [0.2, 0.25) is 0 Å². The van der Waals surface area contributed by atoms with Crippen LogP contribution in [0.25, 0.3) is 0 Å². The van der Waals surface area contributed by atoms with Crippen molar-refractivity contribution >= 4 is 11.4 Å². The zero-order valence-corrected chi connectivity index (χ0v) is 14.5. The minimum Gasteiger partial charge on any atom is -0.491 e. The van der Waals surface area contributed by atoms with Gasteiger partial charge in [-0.25, -0.2) is 0 Å². The van der Waals surface area contributed by atoms with E-state index in [1.54, 1.807) is 0 Å². The molecule has 0 atom stereocenters. The van der Waals surface area contributed by atoms with Gasteiger partial charge in [-0.1, -0.05) is 37.6 Å². The van der Waals surface area contributed by atoms with Crippen LogP contribution in [0.4, 0.5) is 11.4 Å². The normalized spacial score (nSPS) is 10.4. The number of benzene rings is 2. The fourth-order valence-corrected chi connectivity index (χ4v) is 2.39. The summed E-state index contributed by atoms with van der Waals surface area (Å²) in [5, 5.41) is 6.95. The summed E-state index contributed by atoms with van der Waals surface area (Å²) in [6, 6.07) is 14.6. The number of aryl methyl sites for hydroxylation is 2. The van der Waals surface area contributed by atoms with Crippen molar-refractivity contribution in [2.24, 2.45) is 0 Å². The van der Waals surface area contributed by atoms with Gasteiger partial charge in [-0.15, -0.1) is 0 Å². The molecule has 0 heterocycles. The van der Waals surface area contributed by atoms with Gasteiger partial charge in [-0.05, 0) is 49.6 Å². The quantitative estimate of drug-likeness (QED) is 0.639. The Balaban J connectivity index is 1.83. The molecule has 2 rings (SSSR count). The Bertz CT molecular complexity index is 610. The molecule has 23 heavy (non-hydrogen) atoms. The van der Waals surface area contributed by atoms with Gasteiger partial charge in [0.15, 0.2) is 0 Å². The average Bonchev–Trinajstić information content (AvgIpc) is 2.56. The maximum absolute atomic E-state index is 5.84. The summed E-state index contributed by atoms with van der Waals surface area (Å²) in [6.45, 7) is 8.91. The molecule has 2 aromatic carbocycles. The van der Waals surface area contributed by atoms with Gasteiger partial charge in [0, 0.05) is 18.8 Å². The first-order valence-electron chi connectivity index (χ1n) is 8.47. The van der Waals surface area contributed by atoms with Crippen molar-refractivity contribution in [2.45, 2.75) is 33.6 Å². The lowest BCUT2D eigenvalue weighted by Gasteiger charge is -2.14. The van der Waals surface area contributed by atoms with E-state index in [4.69, 9.17) is 4.74 Å². The van der Waals surface area contributed by atoms with Crippen molar-refractivity contribution in [2.75, 3.05) is 30.3 Å². The van der Waals surface area contributed by atoms with Gasteiger partial charge in [0.05, 0.1) is 12.3 Å². The summed E-state index contributed by atoms with van der Waals surface area (Å²) in [5.74, 6) is 0.938. The largest absolute Gasteiger partial charge is 0.491 e. The highest BCUT2D eigenvalue weighted by Crippen LogP contribution is 2.23. The van der Waals surface area contributed by atoms with Crippen molar-refractivity contribution in [3.8, 4) is 5.75 Å². The third-order valence-corrected chi connectivity index (χ3v) is 3.79. The Kier molecular flexibility index (Phi) is 6.79. The maximum atomic E-state index is 5.84. The Labute approximate surface area is 140 Å². The van der Waals surface area contributed by atoms with Gasteiger partial charge in [-0.2, -0.15) is 0 Å². The molecule has 0 spiro atoms. The molecule has 0 saturated heterocycles. The second-order valence-corrected chi connectivity index (χ2v) is 5.87. The van der Waals surface area contributed by atoms with Crippen molar-refractivity contribution < 1.29 is 4.74 Å². The van der Waals surface area contributed by atoms with E-state index in [2.05, 4.69) is 55.7 Å². The lowest BCUT2D eigenvalue weighted by Crippen LogP contribution is -2.15. The molecule has 2 N–H and O–H groups in total. The number of hydrogen-bond donors (Lipinski definition) is 2. The molecule has 3 nitrogen and oxygen atoms in total. The van der Waals surface area contributed by atoms with Crippen LogP contribution in [0.1, 0.15) is 30.9 Å². The number of hydrogen-bond acceptors (Lipinski definition) is 3. The standard InChI is InChI=1S/C20H28N2O/c1-4-5-14-23-20-9-7-6-8-18(20)21-12-13-22-19-15-16(2)10-11-17(19)3/h6-11,15,21-22H,4-5,12-14H2,1-3H3. The van der Waals surface area contributed by atoms with Crippen LogP contribution in [-0.4, -0.2) is 19.7 Å². The molecule has 0 aromatic heterocycles. The smallest absolute Gasteiger partial charge is 0.142 e. The van der Waals surface area contributed by atoms with Crippen LogP contribution in [-0.2, 0) is 0 Å². The summed E-state index contributed by atoms with van der Waals surface area (Å²) in [7, 11) is 0. The molecular formula is C20H28N2O. The Morgan fingerprint density at radius 2 is 1.65 bits per heavy atom. The molecule has 0 bridgehead atoms. The van der Waals surface area contributed by atoms with Crippen molar-refractivity contribution in [3.63, 3.8) is 0 Å². The number of para-hydroxylation sites is 2. The lowest BCUT2D eigenvalue weighted by molar-refractivity contribution is 0.311. The maximum Gasteiger partial charge on any atom is 0.142 e. The summed E-state index contributed by atoms with van der Waals surface area (Å²) in [6.07, 6.45) is 2.23. The van der Waals surface area contributed by atoms with Gasteiger partial charge in [0.2, 0.25) is 0 Å². The molecule has 3 heteroatoms. The highest BCUT2D eigenvalue weighted by molar-refractivity contribution is 5.57. The molecule has 2 aromatic rings. The zero-order chi connectivity index (χ0) is 16.5. The van der Waals surface area contributed by atoms with E-state index in [-0.39, 0.29) is 0 Å². The monoisotopic (exact) mass is 312 g/mol. The van der Waals surface area contributed by atoms with Crippen LogP contribution in [0.3, 0.4) is 0 Å². The second-order valence-electron chi connectivity index (χ2n) is 5.87. The van der Waals surface area contributed by atoms with E-state index in [0.29, 0.717) is 0 Å². The molecule has 0 aliphatic rings. The van der Waals surface area contributed by atoms with E-state index in [1.807, 2.05) is 18.2 Å². The first kappa shape index (κ1) is 17.2. The van der Waals surface area contributed by atoms with Gasteiger partial charge < -0.3 is 15.4 Å². The first-order valence-corrected chi connectivity index (χ1v) is 8.47. The van der Waals surface area contributed by atoms with E-state index in [9.17, 15) is 0 Å². The van der Waals surface area contributed by atoms with Crippen molar-refractivity contribution in [1.82, 2.24) is 0 Å². The molecule has 124 valence electrons. The highest BCUT2D eigenvalue weighted by atomic mass is 16.5. The summed E-state index contributed by atoms with van der Waals surface area (Å²) in [5.41, 5.74) is 4.82. The fraction of sp³-hybridized carbons (Fsp3) is 0.400. The van der Waals surface area contributed by atoms with Gasteiger partial charge >= 0.3 is 0 Å². The van der Waals surface area contributed by atoms with Crippen molar-refractivity contribution in [1.29, 1.82) is 0 Å². The topological polar surface area (TPSA) is 33.3 Å². The molecule has 0 aliphatic heterocycles. The predicted octanol–water partition coefficient (Wildman–Crippen LogP) is 5.01. The van der Waals surface area contributed by atoms with Crippen LogP contribution >= 0.6 is 0 Å². The average molecular weight is 312 g/mol. The highest BCUT2D eigenvalue weighted by Gasteiger charge is 2.02. The van der Waals surface area contributed by atoms with E-state index >= 15 is 0 Å². The number of anilines is 2. The molecular weight excluding hydrogens is 284 g/mol. The number of unbranched alkanes of at least 4 members (excludes halogenated alkanes) is 1. The molecule has 0 unspecified atom stereocenters. The Morgan fingerprint density at radius 1 is 0.913 bits per heavy atom. The molecule has 0 aliphatic carbocycles. The number of ether oxygens (including phenoxy) is 1. The van der Waals surface area contributed by atoms with Gasteiger partial charge in [0.1, 0.15) is 5.75 Å². The van der Waals surface area contributed by atoms with E-state index in [1.165, 1.54) is 16.8 Å².